The second-order valence-electron chi connectivity index (χ2n) is 6.88. The molecule has 0 fully saturated rings. The number of aromatic nitrogens is 1. The number of benzene rings is 3. The number of anilines is 1. The molecule has 31 heavy (non-hydrogen) atoms. The molecule has 0 aliphatic carbocycles. The van der Waals surface area contributed by atoms with Crippen LogP contribution in [0.5, 0.6) is 0 Å². The quantitative estimate of drug-likeness (QED) is 0.479. The summed E-state index contributed by atoms with van der Waals surface area (Å²) in [7, 11) is 0. The molecule has 1 N–H and O–H groups in total. The second kappa shape index (κ2) is 8.71. The summed E-state index contributed by atoms with van der Waals surface area (Å²) in [5, 5.41) is 2.77. The lowest BCUT2D eigenvalue weighted by Crippen LogP contribution is -2.16. The fraction of sp³-hybridized carbons (Fsp3) is 0.125. The molecule has 0 saturated carbocycles. The van der Waals surface area contributed by atoms with Gasteiger partial charge in [-0.3, -0.25) is 9.36 Å². The smallest absolute Gasteiger partial charge is 0.420 e. The van der Waals surface area contributed by atoms with Gasteiger partial charge in [0.25, 0.3) is 5.91 Å². The van der Waals surface area contributed by atoms with Crippen LogP contribution in [0.4, 0.5) is 5.69 Å². The van der Waals surface area contributed by atoms with Gasteiger partial charge in [-0.2, -0.15) is 0 Å². The van der Waals surface area contributed by atoms with E-state index < -0.39 is 11.7 Å². The minimum absolute atomic E-state index is 0.269. The molecule has 0 aliphatic heterocycles. The van der Waals surface area contributed by atoms with Gasteiger partial charge in [-0.05, 0) is 48.9 Å². The van der Waals surface area contributed by atoms with Crippen molar-refractivity contribution in [2.45, 2.75) is 13.5 Å². The number of fused-ring (bicyclic) bond motifs is 1. The number of rotatable bonds is 6. The van der Waals surface area contributed by atoms with Gasteiger partial charge < -0.3 is 14.5 Å². The lowest BCUT2D eigenvalue weighted by molar-refractivity contribution is 0.0526. The number of ether oxygens (including phenoxy) is 1. The first kappa shape index (κ1) is 20.2. The number of carbonyl (C=O) groups excluding carboxylic acids is 2. The van der Waals surface area contributed by atoms with Crippen molar-refractivity contribution in [3.05, 3.63) is 100 Å². The molecule has 0 spiro atoms. The number of amides is 1. The Morgan fingerprint density at radius 1 is 0.968 bits per heavy atom. The maximum absolute atomic E-state index is 12.8. The zero-order chi connectivity index (χ0) is 21.8. The molecule has 4 rings (SSSR count). The molecule has 0 saturated heterocycles. The summed E-state index contributed by atoms with van der Waals surface area (Å²) in [6, 6.07) is 20.8. The van der Waals surface area contributed by atoms with Crippen LogP contribution in [0, 0.1) is 0 Å². The van der Waals surface area contributed by atoms with Gasteiger partial charge in [-0.25, -0.2) is 9.59 Å². The number of oxazole rings is 1. The van der Waals surface area contributed by atoms with Crippen LogP contribution in [-0.4, -0.2) is 23.1 Å². The Balaban J connectivity index is 1.60. The predicted molar refractivity (Wildman–Crippen MR) is 116 cm³/mol. The molecule has 156 valence electrons. The van der Waals surface area contributed by atoms with Crippen molar-refractivity contribution in [2.24, 2.45) is 0 Å². The van der Waals surface area contributed by atoms with Crippen LogP contribution in [0.15, 0.2) is 82.0 Å². The highest BCUT2D eigenvalue weighted by Crippen LogP contribution is 2.19. The van der Waals surface area contributed by atoms with Crippen molar-refractivity contribution in [1.29, 1.82) is 0 Å². The van der Waals surface area contributed by atoms with E-state index in [0.717, 1.165) is 5.56 Å². The van der Waals surface area contributed by atoms with Crippen molar-refractivity contribution < 1.29 is 18.7 Å². The number of hydrogen-bond acceptors (Lipinski definition) is 5. The molecule has 0 radical (unpaired) electrons. The van der Waals surface area contributed by atoms with Gasteiger partial charge in [0.05, 0.1) is 24.2 Å². The Morgan fingerprint density at radius 2 is 1.77 bits per heavy atom. The third kappa shape index (κ3) is 4.40. The predicted octanol–water partition coefficient (Wildman–Crippen LogP) is 4.07. The van der Waals surface area contributed by atoms with Crippen molar-refractivity contribution in [3.63, 3.8) is 0 Å². The Kier molecular flexibility index (Phi) is 5.66. The first-order valence-electron chi connectivity index (χ1n) is 9.81. The number of nitrogens with one attached hydrogen (secondary N) is 1. The summed E-state index contributed by atoms with van der Waals surface area (Å²) < 4.78 is 11.8. The fourth-order valence-electron chi connectivity index (χ4n) is 3.26. The maximum Gasteiger partial charge on any atom is 0.420 e. The third-order valence-corrected chi connectivity index (χ3v) is 4.74. The van der Waals surface area contributed by atoms with Crippen molar-refractivity contribution in [2.75, 3.05) is 11.9 Å². The first-order chi connectivity index (χ1) is 15.0. The van der Waals surface area contributed by atoms with Gasteiger partial charge in [0, 0.05) is 11.3 Å². The summed E-state index contributed by atoms with van der Waals surface area (Å²) in [6.45, 7) is 2.33. The van der Waals surface area contributed by atoms with Gasteiger partial charge in [0.15, 0.2) is 5.58 Å². The normalized spacial score (nSPS) is 10.7. The lowest BCUT2D eigenvalue weighted by Gasteiger charge is -2.08. The maximum atomic E-state index is 12.8. The zero-order valence-corrected chi connectivity index (χ0v) is 16.8. The van der Waals surface area contributed by atoms with Crippen LogP contribution < -0.4 is 11.1 Å². The lowest BCUT2D eigenvalue weighted by atomic mass is 10.1. The average molecular weight is 416 g/mol. The Hall–Kier alpha value is -4.13. The highest BCUT2D eigenvalue weighted by Gasteiger charge is 2.14. The molecule has 3 aromatic carbocycles. The largest absolute Gasteiger partial charge is 0.462 e. The molecule has 0 atom stereocenters. The molecular weight excluding hydrogens is 396 g/mol. The van der Waals surface area contributed by atoms with E-state index in [0.29, 0.717) is 34.5 Å². The van der Waals surface area contributed by atoms with E-state index in [1.165, 1.54) is 4.57 Å². The van der Waals surface area contributed by atoms with Crippen molar-refractivity contribution in [1.82, 2.24) is 4.57 Å². The highest BCUT2D eigenvalue weighted by atomic mass is 16.5. The van der Waals surface area contributed by atoms with Crippen molar-refractivity contribution >= 4 is 28.7 Å². The second-order valence-corrected chi connectivity index (χ2v) is 6.88. The standard InChI is InChI=1S/C24H20N2O5/c1-2-30-23(28)18-9-6-10-19(13-18)25-22(27)17-11-12-21-20(14-17)26(24(29)31-21)15-16-7-4-3-5-8-16/h3-14H,2,15H2,1H3,(H,25,27). The topological polar surface area (TPSA) is 90.5 Å². The van der Waals surface area contributed by atoms with Gasteiger partial charge in [0.1, 0.15) is 0 Å². The van der Waals surface area contributed by atoms with E-state index in [-0.39, 0.29) is 12.5 Å². The molecule has 1 heterocycles. The van der Waals surface area contributed by atoms with Crippen LogP contribution in [-0.2, 0) is 11.3 Å². The van der Waals surface area contributed by atoms with E-state index in [1.807, 2.05) is 30.3 Å². The molecule has 0 bridgehead atoms. The summed E-state index contributed by atoms with van der Waals surface area (Å²) in [5.41, 5.74) is 3.05. The number of carbonyl (C=O) groups is 2. The van der Waals surface area contributed by atoms with Gasteiger partial charge >= 0.3 is 11.7 Å². The van der Waals surface area contributed by atoms with E-state index in [4.69, 9.17) is 9.15 Å². The summed E-state index contributed by atoms with van der Waals surface area (Å²) in [6.07, 6.45) is 0. The van der Waals surface area contributed by atoms with Crippen LogP contribution in [0.25, 0.3) is 11.1 Å². The van der Waals surface area contributed by atoms with E-state index in [9.17, 15) is 14.4 Å². The van der Waals surface area contributed by atoms with Gasteiger partial charge in [0.2, 0.25) is 0 Å². The van der Waals surface area contributed by atoms with Crippen LogP contribution in [0.1, 0.15) is 33.2 Å². The van der Waals surface area contributed by atoms with Crippen LogP contribution >= 0.6 is 0 Å². The zero-order valence-electron chi connectivity index (χ0n) is 16.8. The van der Waals surface area contributed by atoms with Crippen LogP contribution in [0.3, 0.4) is 0 Å². The third-order valence-electron chi connectivity index (χ3n) is 4.74. The van der Waals surface area contributed by atoms with Crippen LogP contribution in [0.2, 0.25) is 0 Å². The number of hydrogen-bond donors (Lipinski definition) is 1. The molecule has 7 heteroatoms. The van der Waals surface area contributed by atoms with Crippen molar-refractivity contribution in [3.8, 4) is 0 Å². The number of esters is 1. The molecule has 1 amide bonds. The van der Waals surface area contributed by atoms with Gasteiger partial charge in [-0.1, -0.05) is 36.4 Å². The summed E-state index contributed by atoms with van der Waals surface area (Å²) >= 11 is 0. The van der Waals surface area contributed by atoms with Gasteiger partial charge in [-0.15, -0.1) is 0 Å². The Bertz CT molecular complexity index is 1300. The molecule has 0 unspecified atom stereocenters. The SMILES string of the molecule is CCOC(=O)c1cccc(NC(=O)c2ccc3oc(=O)n(Cc4ccccc4)c3c2)c1. The molecule has 4 aromatic rings. The Morgan fingerprint density at radius 3 is 2.55 bits per heavy atom. The first-order valence-corrected chi connectivity index (χ1v) is 9.81. The van der Waals surface area contributed by atoms with E-state index in [1.54, 1.807) is 49.4 Å². The van der Waals surface area contributed by atoms with E-state index in [2.05, 4.69) is 5.32 Å². The molecular formula is C24H20N2O5. The summed E-state index contributed by atoms with van der Waals surface area (Å²) in [4.78, 5) is 37.0. The minimum Gasteiger partial charge on any atom is -0.462 e. The summed E-state index contributed by atoms with van der Waals surface area (Å²) in [5.74, 6) is -1.32. The molecule has 7 nitrogen and oxygen atoms in total. The minimum atomic E-state index is -0.487. The highest BCUT2D eigenvalue weighted by molar-refractivity contribution is 6.06. The molecule has 1 aromatic heterocycles. The van der Waals surface area contributed by atoms with E-state index >= 15 is 0 Å². The fourth-order valence-corrected chi connectivity index (χ4v) is 3.26. The molecule has 0 aliphatic rings. The average Bonchev–Trinajstić information content (AvgIpc) is 3.09. The Labute approximate surface area is 177 Å². The monoisotopic (exact) mass is 416 g/mol. The number of nitrogens with zero attached hydrogens (tertiary/aromatic N) is 1.